The number of hydrogen-bond acceptors (Lipinski definition) is 4. The van der Waals surface area contributed by atoms with Crippen LogP contribution in [-0.4, -0.2) is 18.8 Å². The third-order valence-corrected chi connectivity index (χ3v) is 3.15. The first-order chi connectivity index (χ1) is 10.1. The van der Waals surface area contributed by atoms with E-state index in [2.05, 4.69) is 4.74 Å². The van der Waals surface area contributed by atoms with Crippen LogP contribution in [-0.2, 0) is 16.1 Å². The molecule has 2 aromatic carbocycles. The summed E-state index contributed by atoms with van der Waals surface area (Å²) in [5.41, 5.74) is 2.17. The van der Waals surface area contributed by atoms with Crippen LogP contribution in [0.5, 0.6) is 5.75 Å². The highest BCUT2D eigenvalue weighted by molar-refractivity contribution is 6.42. The van der Waals surface area contributed by atoms with Crippen LogP contribution >= 0.6 is 0 Å². The molecule has 0 aliphatic heterocycles. The first-order valence-electron chi connectivity index (χ1n) is 6.57. The van der Waals surface area contributed by atoms with E-state index >= 15 is 0 Å². The van der Waals surface area contributed by atoms with Gasteiger partial charge in [-0.3, -0.25) is 5.41 Å². The molecule has 2 aromatic rings. The van der Waals surface area contributed by atoms with E-state index in [1.54, 1.807) is 12.1 Å². The van der Waals surface area contributed by atoms with Crippen molar-refractivity contribution in [3.63, 3.8) is 0 Å². The molecule has 0 fully saturated rings. The van der Waals surface area contributed by atoms with Gasteiger partial charge in [0.1, 0.15) is 18.1 Å². The van der Waals surface area contributed by atoms with E-state index in [4.69, 9.17) is 10.1 Å². The third kappa shape index (κ3) is 3.48. The van der Waals surface area contributed by atoms with E-state index in [1.807, 2.05) is 43.3 Å². The number of aryl methyl sites for hydroxylation is 1. The summed E-state index contributed by atoms with van der Waals surface area (Å²) in [6.45, 7) is 2.26. The number of nitrogens with one attached hydrogen (secondary N) is 1. The fourth-order valence-corrected chi connectivity index (χ4v) is 1.98. The molecule has 0 saturated heterocycles. The lowest BCUT2D eigenvalue weighted by molar-refractivity contribution is -0.132. The Morgan fingerprint density at radius 2 is 1.76 bits per heavy atom. The van der Waals surface area contributed by atoms with Crippen LogP contribution in [0.1, 0.15) is 16.7 Å². The lowest BCUT2D eigenvalue weighted by Crippen LogP contribution is -2.18. The van der Waals surface area contributed by atoms with E-state index in [0.29, 0.717) is 12.2 Å². The molecule has 0 saturated carbocycles. The van der Waals surface area contributed by atoms with Gasteiger partial charge >= 0.3 is 5.97 Å². The predicted molar refractivity (Wildman–Crippen MR) is 80.8 cm³/mol. The second-order valence-corrected chi connectivity index (χ2v) is 4.58. The van der Waals surface area contributed by atoms with Gasteiger partial charge in [-0.2, -0.15) is 0 Å². The molecule has 0 spiro atoms. The average Bonchev–Trinajstić information content (AvgIpc) is 2.53. The van der Waals surface area contributed by atoms with Crippen molar-refractivity contribution in [1.29, 1.82) is 5.41 Å². The van der Waals surface area contributed by atoms with Crippen molar-refractivity contribution in [1.82, 2.24) is 0 Å². The summed E-state index contributed by atoms with van der Waals surface area (Å²) in [4.78, 5) is 11.5. The summed E-state index contributed by atoms with van der Waals surface area (Å²) in [6, 6.07) is 14.9. The van der Waals surface area contributed by atoms with E-state index < -0.39 is 5.97 Å². The lowest BCUT2D eigenvalue weighted by Gasteiger charge is -2.12. The van der Waals surface area contributed by atoms with E-state index in [1.165, 1.54) is 7.11 Å². The first kappa shape index (κ1) is 14.8. The number of carbonyl (C=O) groups is 1. The summed E-state index contributed by atoms with van der Waals surface area (Å²) in [5.74, 6) is 0.134. The van der Waals surface area contributed by atoms with Gasteiger partial charge in [-0.1, -0.05) is 42.5 Å². The van der Waals surface area contributed by atoms with Gasteiger partial charge in [0.25, 0.3) is 0 Å². The maximum Gasteiger partial charge on any atom is 0.356 e. The minimum atomic E-state index is -0.654. The van der Waals surface area contributed by atoms with Crippen LogP contribution in [0.3, 0.4) is 0 Å². The molecule has 0 aromatic heterocycles. The summed E-state index contributed by atoms with van der Waals surface area (Å²) in [6.07, 6.45) is 0. The Hall–Kier alpha value is -2.62. The topological polar surface area (TPSA) is 59.4 Å². The summed E-state index contributed by atoms with van der Waals surface area (Å²) in [5, 5.41) is 7.87. The monoisotopic (exact) mass is 283 g/mol. The van der Waals surface area contributed by atoms with Crippen LogP contribution in [0, 0.1) is 12.3 Å². The highest BCUT2D eigenvalue weighted by Crippen LogP contribution is 2.19. The van der Waals surface area contributed by atoms with Crippen LogP contribution in [0.4, 0.5) is 0 Å². The highest BCUT2D eigenvalue weighted by Gasteiger charge is 2.15. The molecule has 0 heterocycles. The van der Waals surface area contributed by atoms with Crippen molar-refractivity contribution >= 4 is 11.7 Å². The van der Waals surface area contributed by atoms with Crippen LogP contribution < -0.4 is 4.74 Å². The molecular formula is C17H17NO3. The largest absolute Gasteiger partial charge is 0.489 e. The van der Waals surface area contributed by atoms with Gasteiger partial charge in [0.15, 0.2) is 0 Å². The number of esters is 1. The maximum absolute atomic E-state index is 11.5. The minimum absolute atomic E-state index is 0.165. The van der Waals surface area contributed by atoms with Crippen molar-refractivity contribution in [3.05, 3.63) is 65.2 Å². The Labute approximate surface area is 123 Å². The molecule has 4 heteroatoms. The molecule has 108 valence electrons. The zero-order valence-corrected chi connectivity index (χ0v) is 12.1. The smallest absolute Gasteiger partial charge is 0.356 e. The van der Waals surface area contributed by atoms with Crippen molar-refractivity contribution in [2.45, 2.75) is 13.5 Å². The van der Waals surface area contributed by atoms with Gasteiger partial charge in [0.2, 0.25) is 0 Å². The van der Waals surface area contributed by atoms with Crippen molar-refractivity contribution in [3.8, 4) is 5.75 Å². The van der Waals surface area contributed by atoms with Crippen LogP contribution in [0.25, 0.3) is 0 Å². The molecule has 2 rings (SSSR count). The van der Waals surface area contributed by atoms with Crippen molar-refractivity contribution in [2.24, 2.45) is 0 Å². The summed E-state index contributed by atoms with van der Waals surface area (Å²) >= 11 is 0. The van der Waals surface area contributed by atoms with Gasteiger partial charge in [0, 0.05) is 5.56 Å². The van der Waals surface area contributed by atoms with Crippen LogP contribution in [0.2, 0.25) is 0 Å². The molecule has 0 atom stereocenters. The fraction of sp³-hybridized carbons (Fsp3) is 0.176. The quantitative estimate of drug-likeness (QED) is 0.677. The Morgan fingerprint density at radius 1 is 1.10 bits per heavy atom. The number of methoxy groups -OCH3 is 1. The van der Waals surface area contributed by atoms with E-state index in [9.17, 15) is 4.79 Å². The van der Waals surface area contributed by atoms with Gasteiger partial charge in [-0.15, -0.1) is 0 Å². The van der Waals surface area contributed by atoms with Gasteiger partial charge in [0.05, 0.1) is 7.11 Å². The normalized spacial score (nSPS) is 10.0. The highest BCUT2D eigenvalue weighted by atomic mass is 16.5. The van der Waals surface area contributed by atoms with Crippen molar-refractivity contribution in [2.75, 3.05) is 7.11 Å². The average molecular weight is 283 g/mol. The molecule has 21 heavy (non-hydrogen) atoms. The molecule has 0 aliphatic carbocycles. The van der Waals surface area contributed by atoms with Gasteiger partial charge in [-0.25, -0.2) is 4.79 Å². The minimum Gasteiger partial charge on any atom is -0.489 e. The Balaban J connectivity index is 2.19. The maximum atomic E-state index is 11.5. The molecular weight excluding hydrogens is 266 g/mol. The molecule has 1 N–H and O–H groups in total. The van der Waals surface area contributed by atoms with Gasteiger partial charge in [-0.05, 0) is 24.1 Å². The fourth-order valence-electron chi connectivity index (χ4n) is 1.98. The van der Waals surface area contributed by atoms with E-state index in [-0.39, 0.29) is 5.71 Å². The number of ether oxygens (including phenoxy) is 2. The van der Waals surface area contributed by atoms with Crippen LogP contribution in [0.15, 0.2) is 48.5 Å². The zero-order chi connectivity index (χ0) is 15.2. The number of para-hydroxylation sites is 1. The molecule has 0 radical (unpaired) electrons. The Morgan fingerprint density at radius 3 is 2.48 bits per heavy atom. The van der Waals surface area contributed by atoms with Gasteiger partial charge < -0.3 is 9.47 Å². The first-order valence-corrected chi connectivity index (χ1v) is 6.57. The lowest BCUT2D eigenvalue weighted by atomic mass is 10.0. The standard InChI is InChI=1S/C17H17NO3/c1-12-7-3-6-10-15(12)21-11-13-8-4-5-9-14(13)16(18)17(19)20-2/h3-10,18H,11H2,1-2H3. The molecule has 4 nitrogen and oxygen atoms in total. The number of rotatable bonds is 5. The second kappa shape index (κ2) is 6.70. The second-order valence-electron chi connectivity index (χ2n) is 4.58. The number of hydrogen-bond donors (Lipinski definition) is 1. The molecule has 0 amide bonds. The third-order valence-electron chi connectivity index (χ3n) is 3.15. The summed E-state index contributed by atoms with van der Waals surface area (Å²) in [7, 11) is 1.27. The Kier molecular flexibility index (Phi) is 4.72. The van der Waals surface area contributed by atoms with E-state index in [0.717, 1.165) is 16.9 Å². The SMILES string of the molecule is COC(=O)C(=N)c1ccccc1COc1ccccc1C. The number of benzene rings is 2. The number of carbonyl (C=O) groups excluding carboxylic acids is 1. The Bertz CT molecular complexity index is 665. The van der Waals surface area contributed by atoms with Crippen molar-refractivity contribution < 1.29 is 14.3 Å². The molecule has 0 unspecified atom stereocenters. The summed E-state index contributed by atoms with van der Waals surface area (Å²) < 4.78 is 10.4. The predicted octanol–water partition coefficient (Wildman–Crippen LogP) is 3.11. The molecule has 0 aliphatic rings. The zero-order valence-electron chi connectivity index (χ0n) is 12.1. The molecule has 0 bridgehead atoms.